The Morgan fingerprint density at radius 3 is 2.64 bits per heavy atom. The van der Waals surface area contributed by atoms with Gasteiger partial charge in [-0.05, 0) is 73.1 Å². The Labute approximate surface area is 242 Å². The number of carbonyl (C=O) groups excluding carboxylic acids is 1. The van der Waals surface area contributed by atoms with Crippen molar-refractivity contribution in [2.24, 2.45) is 5.41 Å². The van der Waals surface area contributed by atoms with Gasteiger partial charge in [0.05, 0.1) is 17.7 Å². The zero-order valence-electron chi connectivity index (χ0n) is 23.1. The van der Waals surface area contributed by atoms with E-state index in [4.69, 9.17) is 4.74 Å². The van der Waals surface area contributed by atoms with Gasteiger partial charge < -0.3 is 19.9 Å². The lowest BCUT2D eigenvalue weighted by molar-refractivity contribution is -0.135. The van der Waals surface area contributed by atoms with E-state index in [1.807, 2.05) is 17.0 Å². The summed E-state index contributed by atoms with van der Waals surface area (Å²) in [5.74, 6) is 1.19. The molecule has 1 N–H and O–H groups in total. The van der Waals surface area contributed by atoms with Gasteiger partial charge in [-0.25, -0.2) is 13.8 Å². The molecule has 9 nitrogen and oxygen atoms in total. The van der Waals surface area contributed by atoms with Crippen LogP contribution in [0.5, 0.6) is 11.6 Å². The maximum Gasteiger partial charge on any atom is 0.282 e. The lowest BCUT2D eigenvalue weighted by Crippen LogP contribution is -2.62. The number of likely N-dealkylation sites (tertiary alicyclic amines) is 1. The number of carbonyl (C=O) groups is 1. The summed E-state index contributed by atoms with van der Waals surface area (Å²) in [6, 6.07) is 11.7. The Morgan fingerprint density at radius 2 is 1.93 bits per heavy atom. The number of piperidine rings is 1. The molecule has 3 aliphatic heterocycles. The van der Waals surface area contributed by atoms with Gasteiger partial charge in [-0.15, -0.1) is 10.2 Å². The molecule has 2 aromatic carbocycles. The van der Waals surface area contributed by atoms with Crippen molar-refractivity contribution in [2.45, 2.75) is 50.2 Å². The highest BCUT2D eigenvalue weighted by Gasteiger charge is 2.47. The molecule has 4 heterocycles. The van der Waals surface area contributed by atoms with Crippen molar-refractivity contribution < 1.29 is 18.3 Å². The van der Waals surface area contributed by atoms with Crippen molar-refractivity contribution >= 4 is 11.7 Å². The van der Waals surface area contributed by atoms with Crippen molar-refractivity contribution in [1.82, 2.24) is 25.4 Å². The predicted octanol–water partition coefficient (Wildman–Crippen LogP) is 4.35. The number of amides is 1. The first kappa shape index (κ1) is 26.7. The lowest BCUT2D eigenvalue weighted by atomic mass is 9.72. The quantitative estimate of drug-likeness (QED) is 0.466. The minimum Gasteiger partial charge on any atom is -0.434 e. The van der Waals surface area contributed by atoms with Crippen LogP contribution in [0, 0.1) is 22.6 Å². The van der Waals surface area contributed by atoms with Crippen LogP contribution in [0.2, 0.25) is 0 Å². The first-order valence-corrected chi connectivity index (χ1v) is 14.5. The number of ether oxygens (including phenoxy) is 1. The summed E-state index contributed by atoms with van der Waals surface area (Å²) in [7, 11) is 0. The molecule has 1 amide bonds. The van der Waals surface area contributed by atoms with Crippen LogP contribution in [0.25, 0.3) is 11.1 Å². The van der Waals surface area contributed by atoms with E-state index in [-0.39, 0.29) is 36.0 Å². The predicted molar refractivity (Wildman–Crippen MR) is 150 cm³/mol. The molecule has 7 rings (SSSR count). The number of rotatable bonds is 6. The molecule has 0 radical (unpaired) electrons. The van der Waals surface area contributed by atoms with Gasteiger partial charge in [-0.2, -0.15) is 5.26 Å². The highest BCUT2D eigenvalue weighted by Crippen LogP contribution is 2.48. The fourth-order valence-corrected chi connectivity index (χ4v) is 6.59. The van der Waals surface area contributed by atoms with Gasteiger partial charge in [0.25, 0.3) is 5.88 Å². The fourth-order valence-electron chi connectivity index (χ4n) is 6.59. The summed E-state index contributed by atoms with van der Waals surface area (Å²) in [5.41, 5.74) is 3.08. The van der Waals surface area contributed by atoms with Gasteiger partial charge >= 0.3 is 0 Å². The van der Waals surface area contributed by atoms with E-state index < -0.39 is 12.2 Å². The number of hydrogen-bond acceptors (Lipinski definition) is 8. The first-order chi connectivity index (χ1) is 20.4. The Hall–Kier alpha value is -4.17. The van der Waals surface area contributed by atoms with Crippen molar-refractivity contribution in [3.63, 3.8) is 0 Å². The molecule has 1 saturated carbocycles. The number of halogens is 2. The molecule has 4 aliphatic rings. The topological polar surface area (TPSA) is 107 Å². The molecule has 3 aromatic rings. The van der Waals surface area contributed by atoms with E-state index in [2.05, 4.69) is 31.5 Å². The number of nitrogens with zero attached hydrogens (tertiary/aromatic N) is 6. The maximum atomic E-state index is 14.5. The summed E-state index contributed by atoms with van der Waals surface area (Å²) in [4.78, 5) is 21.3. The number of nitriles is 1. The standard InChI is InChI=1S/C31H31F2N7O2/c32-21-4-6-27(25(12-21)23-5-1-19(14-34)11-24(23)20-2-3-20)42-29-28(36-18-37-38-29)40-16-31(17-40)7-9-39(10-8-31)30(41)26-13-22(33)15-35-26/h1,4-6,11-12,18,20,22,26,35H,2-3,7-10,13,15-17H2/t22-,26+/m1/s1. The minimum absolute atomic E-state index is 0.000856. The molecule has 42 heavy (non-hydrogen) atoms. The molecule has 0 bridgehead atoms. The monoisotopic (exact) mass is 571 g/mol. The minimum atomic E-state index is -0.955. The van der Waals surface area contributed by atoms with Gasteiger partial charge in [0.15, 0.2) is 5.82 Å². The van der Waals surface area contributed by atoms with E-state index in [1.54, 1.807) is 12.1 Å². The Bertz CT molecular complexity index is 1560. The number of anilines is 1. The van der Waals surface area contributed by atoms with Crippen LogP contribution in [0.3, 0.4) is 0 Å². The van der Waals surface area contributed by atoms with Crippen molar-refractivity contribution in [3.05, 3.63) is 59.7 Å². The highest BCUT2D eigenvalue weighted by atomic mass is 19.1. The van der Waals surface area contributed by atoms with Crippen LogP contribution in [0.4, 0.5) is 14.6 Å². The zero-order chi connectivity index (χ0) is 28.8. The maximum absolute atomic E-state index is 14.5. The third-order valence-electron chi connectivity index (χ3n) is 9.07. The average molecular weight is 572 g/mol. The Balaban J connectivity index is 1.07. The second kappa shape index (κ2) is 10.6. The summed E-state index contributed by atoms with van der Waals surface area (Å²) in [5, 5.41) is 20.6. The Kier molecular flexibility index (Phi) is 6.73. The number of benzene rings is 2. The largest absolute Gasteiger partial charge is 0.434 e. The molecular formula is C31H31F2N7O2. The second-order valence-corrected chi connectivity index (χ2v) is 12.0. The molecule has 4 fully saturated rings. The molecule has 1 aromatic heterocycles. The zero-order valence-corrected chi connectivity index (χ0v) is 23.1. The number of nitrogens with one attached hydrogen (secondary N) is 1. The first-order valence-electron chi connectivity index (χ1n) is 14.5. The summed E-state index contributed by atoms with van der Waals surface area (Å²) < 4.78 is 34.4. The van der Waals surface area contributed by atoms with Crippen molar-refractivity contribution in [2.75, 3.05) is 37.6 Å². The molecule has 11 heteroatoms. The van der Waals surface area contributed by atoms with Gasteiger partial charge in [0.2, 0.25) is 5.91 Å². The third-order valence-corrected chi connectivity index (χ3v) is 9.07. The molecule has 3 saturated heterocycles. The number of aromatic nitrogens is 3. The second-order valence-electron chi connectivity index (χ2n) is 12.0. The van der Waals surface area contributed by atoms with Crippen LogP contribution in [0.15, 0.2) is 42.7 Å². The van der Waals surface area contributed by atoms with E-state index in [1.165, 1.54) is 18.5 Å². The van der Waals surface area contributed by atoms with Crippen LogP contribution in [0.1, 0.15) is 49.1 Å². The molecule has 1 spiro atoms. The normalized spacial score (nSPS) is 23.0. The van der Waals surface area contributed by atoms with E-state index in [9.17, 15) is 18.8 Å². The van der Waals surface area contributed by atoms with Gasteiger partial charge in [0, 0.05) is 50.1 Å². The van der Waals surface area contributed by atoms with Gasteiger partial charge in [-0.3, -0.25) is 4.79 Å². The Morgan fingerprint density at radius 1 is 1.12 bits per heavy atom. The van der Waals surface area contributed by atoms with E-state index in [0.717, 1.165) is 49.9 Å². The van der Waals surface area contributed by atoms with Crippen LogP contribution >= 0.6 is 0 Å². The SMILES string of the molecule is N#Cc1ccc(-c2cc(F)ccc2Oc2nncnc2N2CC3(CCN(C(=O)[C@@H]4C[C@@H](F)CN4)CC3)C2)c(C2CC2)c1. The van der Waals surface area contributed by atoms with Crippen LogP contribution in [-0.4, -0.2) is 70.9 Å². The van der Waals surface area contributed by atoms with Crippen LogP contribution in [-0.2, 0) is 4.79 Å². The molecular weight excluding hydrogens is 540 g/mol. The fraction of sp³-hybridized carbons (Fsp3) is 0.452. The van der Waals surface area contributed by atoms with Crippen LogP contribution < -0.4 is 15.0 Å². The van der Waals surface area contributed by atoms with E-state index >= 15 is 0 Å². The number of alkyl halides is 1. The number of hydrogen-bond donors (Lipinski definition) is 1. The van der Waals surface area contributed by atoms with Crippen molar-refractivity contribution in [3.8, 4) is 28.8 Å². The summed E-state index contributed by atoms with van der Waals surface area (Å²) in [6.45, 7) is 3.04. The third kappa shape index (κ3) is 5.04. The summed E-state index contributed by atoms with van der Waals surface area (Å²) >= 11 is 0. The molecule has 1 aliphatic carbocycles. The van der Waals surface area contributed by atoms with E-state index in [0.29, 0.717) is 41.7 Å². The molecule has 0 unspecified atom stereocenters. The molecule has 216 valence electrons. The smallest absolute Gasteiger partial charge is 0.282 e. The highest BCUT2D eigenvalue weighted by molar-refractivity contribution is 5.82. The van der Waals surface area contributed by atoms with Gasteiger partial charge in [0.1, 0.15) is 24.1 Å². The summed E-state index contributed by atoms with van der Waals surface area (Å²) in [6.07, 6.45) is 4.47. The van der Waals surface area contributed by atoms with Crippen molar-refractivity contribution in [1.29, 1.82) is 5.26 Å². The lowest BCUT2D eigenvalue weighted by Gasteiger charge is -2.54. The molecule has 2 atom stereocenters. The average Bonchev–Trinajstić information content (AvgIpc) is 3.76. The van der Waals surface area contributed by atoms with Gasteiger partial charge in [-0.1, -0.05) is 6.07 Å².